The highest BCUT2D eigenvalue weighted by Gasteiger charge is 2.13. The second kappa shape index (κ2) is 10.2. The molecule has 1 N–H and O–H groups in total. The van der Waals surface area contributed by atoms with Crippen LogP contribution in [0.25, 0.3) is 6.08 Å². The summed E-state index contributed by atoms with van der Waals surface area (Å²) in [5.41, 5.74) is 4.53. The minimum absolute atomic E-state index is 0.0411. The van der Waals surface area contributed by atoms with Gasteiger partial charge in [-0.05, 0) is 65.4 Å². The van der Waals surface area contributed by atoms with E-state index in [1.54, 1.807) is 6.08 Å². The van der Waals surface area contributed by atoms with Gasteiger partial charge in [0.15, 0.2) is 0 Å². The van der Waals surface area contributed by atoms with Crippen LogP contribution in [0.1, 0.15) is 29.2 Å². The van der Waals surface area contributed by atoms with Gasteiger partial charge in [-0.1, -0.05) is 76.9 Å². The lowest BCUT2D eigenvalue weighted by Gasteiger charge is -2.11. The van der Waals surface area contributed by atoms with Crippen molar-refractivity contribution in [3.8, 4) is 6.07 Å². The number of aryl methyl sites for hydroxylation is 1. The third kappa shape index (κ3) is 5.38. The van der Waals surface area contributed by atoms with Crippen LogP contribution < -0.4 is 5.32 Å². The van der Waals surface area contributed by atoms with Crippen LogP contribution in [0.15, 0.2) is 76.8 Å². The molecule has 3 aromatic rings. The fourth-order valence-electron chi connectivity index (χ4n) is 3.15. The molecule has 5 heteroatoms. The highest BCUT2D eigenvalue weighted by Crippen LogP contribution is 2.25. The predicted octanol–water partition coefficient (Wildman–Crippen LogP) is 6.80. The number of halogens is 2. The summed E-state index contributed by atoms with van der Waals surface area (Å²) in [7, 11) is 0. The molecule has 3 rings (SSSR count). The Hall–Kier alpha value is -2.87. The number of benzene rings is 3. The zero-order valence-electron chi connectivity index (χ0n) is 16.5. The van der Waals surface area contributed by atoms with Crippen LogP contribution in [-0.2, 0) is 17.6 Å². The molecule has 30 heavy (non-hydrogen) atoms. The Bertz CT molecular complexity index is 1150. The maximum Gasteiger partial charge on any atom is 0.266 e. The molecule has 0 aliphatic rings. The number of rotatable bonds is 6. The number of para-hydroxylation sites is 1. The summed E-state index contributed by atoms with van der Waals surface area (Å²) in [5, 5.41) is 13.2. The molecule has 0 bridgehead atoms. The van der Waals surface area contributed by atoms with Crippen LogP contribution in [0.3, 0.4) is 0 Å². The van der Waals surface area contributed by atoms with Gasteiger partial charge in [-0.25, -0.2) is 0 Å². The van der Waals surface area contributed by atoms with E-state index >= 15 is 0 Å². The molecule has 0 saturated heterocycles. The van der Waals surface area contributed by atoms with E-state index < -0.39 is 5.91 Å². The third-order valence-electron chi connectivity index (χ3n) is 4.76. The summed E-state index contributed by atoms with van der Waals surface area (Å²) in [5.74, 6) is -0.429. The molecular weight excluding hydrogens is 460 g/mol. The Morgan fingerprint density at radius 3 is 2.47 bits per heavy atom. The quantitative estimate of drug-likeness (QED) is 0.312. The first-order chi connectivity index (χ1) is 14.5. The molecular formula is C25H20BrClN2O. The van der Waals surface area contributed by atoms with Gasteiger partial charge in [-0.2, -0.15) is 5.26 Å². The molecule has 0 unspecified atom stereocenters. The van der Waals surface area contributed by atoms with Gasteiger partial charge in [0.1, 0.15) is 11.6 Å². The zero-order valence-corrected chi connectivity index (χ0v) is 18.8. The summed E-state index contributed by atoms with van der Waals surface area (Å²) in [6.45, 7) is 2.02. The topological polar surface area (TPSA) is 52.9 Å². The Labute approximate surface area is 190 Å². The molecule has 0 aliphatic carbocycles. The Morgan fingerprint density at radius 2 is 1.77 bits per heavy atom. The van der Waals surface area contributed by atoms with E-state index in [0.29, 0.717) is 11.4 Å². The van der Waals surface area contributed by atoms with Crippen LogP contribution in [0.2, 0.25) is 5.02 Å². The lowest BCUT2D eigenvalue weighted by molar-refractivity contribution is -0.112. The molecule has 0 heterocycles. The van der Waals surface area contributed by atoms with Gasteiger partial charge in [0, 0.05) is 15.2 Å². The van der Waals surface area contributed by atoms with E-state index in [4.69, 9.17) is 11.6 Å². The number of hydrogen-bond donors (Lipinski definition) is 1. The average molecular weight is 480 g/mol. The fraction of sp³-hybridized carbons (Fsp3) is 0.120. The van der Waals surface area contributed by atoms with Crippen LogP contribution in [0, 0.1) is 11.3 Å². The lowest BCUT2D eigenvalue weighted by Crippen LogP contribution is -2.14. The number of carbonyl (C=O) groups is 1. The molecule has 0 spiro atoms. The number of hydrogen-bond acceptors (Lipinski definition) is 2. The van der Waals surface area contributed by atoms with Crippen molar-refractivity contribution in [2.24, 2.45) is 0 Å². The molecule has 0 saturated carbocycles. The van der Waals surface area contributed by atoms with Crippen molar-refractivity contribution in [2.75, 3.05) is 5.32 Å². The van der Waals surface area contributed by atoms with Crippen molar-refractivity contribution in [1.82, 2.24) is 0 Å². The normalized spacial score (nSPS) is 11.1. The highest BCUT2D eigenvalue weighted by atomic mass is 79.9. The fourth-order valence-corrected chi connectivity index (χ4v) is 3.73. The summed E-state index contributed by atoms with van der Waals surface area (Å²) in [6.07, 6.45) is 3.01. The van der Waals surface area contributed by atoms with E-state index in [1.165, 1.54) is 0 Å². The third-order valence-corrected chi connectivity index (χ3v) is 5.62. The predicted molar refractivity (Wildman–Crippen MR) is 126 cm³/mol. The largest absolute Gasteiger partial charge is 0.321 e. The van der Waals surface area contributed by atoms with E-state index in [1.807, 2.05) is 79.7 Å². The molecule has 0 fully saturated rings. The minimum atomic E-state index is -0.429. The molecule has 0 aliphatic heterocycles. The van der Waals surface area contributed by atoms with Crippen LogP contribution in [-0.4, -0.2) is 5.91 Å². The standard InChI is InChI=1S/C25H20BrClN2O/c1-2-17-7-4-6-10-24(17)29-25(30)21(16-28)14-20-15-22(26)12-11-18(20)13-19-8-3-5-9-23(19)27/h3-12,14-15H,2,13H2,1H3,(H,29,30)/b21-14+. The monoisotopic (exact) mass is 478 g/mol. The summed E-state index contributed by atoms with van der Waals surface area (Å²) in [6, 6.07) is 23.1. The van der Waals surface area contributed by atoms with Crippen molar-refractivity contribution in [3.63, 3.8) is 0 Å². The number of carbonyl (C=O) groups excluding carboxylic acids is 1. The Balaban J connectivity index is 1.93. The summed E-state index contributed by atoms with van der Waals surface area (Å²) < 4.78 is 0.866. The number of nitrogens with one attached hydrogen (secondary N) is 1. The Kier molecular flexibility index (Phi) is 7.46. The van der Waals surface area contributed by atoms with Crippen LogP contribution in [0.4, 0.5) is 5.69 Å². The van der Waals surface area contributed by atoms with Crippen LogP contribution >= 0.6 is 27.5 Å². The van der Waals surface area contributed by atoms with Gasteiger partial charge >= 0.3 is 0 Å². The van der Waals surface area contributed by atoms with Crippen molar-refractivity contribution in [3.05, 3.63) is 104 Å². The summed E-state index contributed by atoms with van der Waals surface area (Å²) in [4.78, 5) is 12.8. The van der Waals surface area contributed by atoms with E-state index in [9.17, 15) is 10.1 Å². The molecule has 150 valence electrons. The van der Waals surface area contributed by atoms with Crippen molar-refractivity contribution < 1.29 is 4.79 Å². The number of amides is 1. The maximum atomic E-state index is 12.8. The first-order valence-corrected chi connectivity index (χ1v) is 10.7. The van der Waals surface area contributed by atoms with Crippen LogP contribution in [0.5, 0.6) is 0 Å². The molecule has 0 aromatic heterocycles. The van der Waals surface area contributed by atoms with E-state index in [-0.39, 0.29) is 5.57 Å². The van der Waals surface area contributed by atoms with Gasteiger partial charge in [0.25, 0.3) is 5.91 Å². The second-order valence-electron chi connectivity index (χ2n) is 6.75. The number of anilines is 1. The molecule has 3 aromatic carbocycles. The molecule has 1 amide bonds. The van der Waals surface area contributed by atoms with Crippen molar-refractivity contribution >= 4 is 45.2 Å². The Morgan fingerprint density at radius 1 is 1.07 bits per heavy atom. The first kappa shape index (κ1) is 21.8. The lowest BCUT2D eigenvalue weighted by atomic mass is 9.98. The first-order valence-electron chi connectivity index (χ1n) is 9.54. The number of nitriles is 1. The zero-order chi connectivity index (χ0) is 21.5. The van der Waals surface area contributed by atoms with Gasteiger partial charge < -0.3 is 5.32 Å². The molecule has 0 atom stereocenters. The van der Waals surface area contributed by atoms with E-state index in [0.717, 1.165) is 38.8 Å². The molecule has 0 radical (unpaired) electrons. The van der Waals surface area contributed by atoms with E-state index in [2.05, 4.69) is 21.2 Å². The smallest absolute Gasteiger partial charge is 0.266 e. The highest BCUT2D eigenvalue weighted by molar-refractivity contribution is 9.10. The maximum absolute atomic E-state index is 12.8. The summed E-state index contributed by atoms with van der Waals surface area (Å²) >= 11 is 9.80. The van der Waals surface area contributed by atoms with Crippen molar-refractivity contribution in [2.45, 2.75) is 19.8 Å². The van der Waals surface area contributed by atoms with Gasteiger partial charge in [0.2, 0.25) is 0 Å². The molecule has 3 nitrogen and oxygen atoms in total. The van der Waals surface area contributed by atoms with Crippen molar-refractivity contribution in [1.29, 1.82) is 5.26 Å². The van der Waals surface area contributed by atoms with Gasteiger partial charge in [-0.15, -0.1) is 0 Å². The SMILES string of the molecule is CCc1ccccc1NC(=O)/C(C#N)=C/c1cc(Br)ccc1Cc1ccccc1Cl. The van der Waals surface area contributed by atoms with Gasteiger partial charge in [-0.3, -0.25) is 4.79 Å². The van der Waals surface area contributed by atoms with Gasteiger partial charge in [0.05, 0.1) is 0 Å². The second-order valence-corrected chi connectivity index (χ2v) is 8.07. The average Bonchev–Trinajstić information content (AvgIpc) is 2.75. The number of nitrogens with zero attached hydrogens (tertiary/aromatic N) is 1. The minimum Gasteiger partial charge on any atom is -0.321 e.